The van der Waals surface area contributed by atoms with Crippen molar-refractivity contribution in [1.82, 2.24) is 5.32 Å². The highest BCUT2D eigenvalue weighted by Crippen LogP contribution is 2.26. The number of hydrogen-bond donors (Lipinski definition) is 1. The minimum Gasteiger partial charge on any atom is -0.484 e. The quantitative estimate of drug-likeness (QED) is 0.882. The van der Waals surface area contributed by atoms with Crippen LogP contribution in [0, 0.1) is 0 Å². The van der Waals surface area contributed by atoms with Gasteiger partial charge in [0.1, 0.15) is 11.9 Å². The molecule has 0 bridgehead atoms. The van der Waals surface area contributed by atoms with Crippen LogP contribution in [-0.2, 0) is 5.41 Å². The van der Waals surface area contributed by atoms with E-state index in [0.717, 1.165) is 12.3 Å². The van der Waals surface area contributed by atoms with E-state index in [1.807, 2.05) is 25.2 Å². The first-order valence-corrected chi connectivity index (χ1v) is 7.47. The van der Waals surface area contributed by atoms with E-state index in [1.165, 1.54) is 11.1 Å². The molecule has 1 atom stereocenters. The zero-order valence-corrected chi connectivity index (χ0v) is 13.4. The Morgan fingerprint density at radius 3 is 2.10 bits per heavy atom. The molecular weight excluding hydrogens is 258 g/mol. The fraction of sp³-hybridized carbons (Fsp3) is 0.368. The summed E-state index contributed by atoms with van der Waals surface area (Å²) in [5, 5.41) is 3.20. The normalized spacial score (nSPS) is 13.0. The summed E-state index contributed by atoms with van der Waals surface area (Å²) in [6, 6.07) is 18.7. The van der Waals surface area contributed by atoms with Crippen molar-refractivity contribution >= 4 is 0 Å². The number of likely N-dealkylation sites (N-methyl/N-ethyl adjacent to an activating group) is 1. The zero-order valence-electron chi connectivity index (χ0n) is 13.4. The van der Waals surface area contributed by atoms with Crippen LogP contribution < -0.4 is 10.1 Å². The molecule has 112 valence electrons. The van der Waals surface area contributed by atoms with Gasteiger partial charge in [-0.3, -0.25) is 0 Å². The molecule has 1 N–H and O–H groups in total. The maximum Gasteiger partial charge on any atom is 0.136 e. The third-order valence-electron chi connectivity index (χ3n) is 3.56. The van der Waals surface area contributed by atoms with E-state index < -0.39 is 0 Å². The number of benzene rings is 2. The zero-order chi connectivity index (χ0) is 15.3. The smallest absolute Gasteiger partial charge is 0.136 e. The Hall–Kier alpha value is -1.80. The van der Waals surface area contributed by atoms with E-state index in [-0.39, 0.29) is 11.5 Å². The lowest BCUT2D eigenvalue weighted by Crippen LogP contribution is -2.22. The molecule has 0 amide bonds. The first-order valence-electron chi connectivity index (χ1n) is 7.47. The maximum atomic E-state index is 6.15. The number of ether oxygens (including phenoxy) is 1. The molecule has 2 aromatic rings. The molecule has 0 aliphatic carbocycles. The summed E-state index contributed by atoms with van der Waals surface area (Å²) in [4.78, 5) is 0. The van der Waals surface area contributed by atoms with E-state index in [1.54, 1.807) is 0 Å². The van der Waals surface area contributed by atoms with Crippen LogP contribution in [0.15, 0.2) is 54.6 Å². The van der Waals surface area contributed by atoms with Gasteiger partial charge in [0, 0.05) is 6.54 Å². The van der Waals surface area contributed by atoms with Crippen molar-refractivity contribution in [3.63, 3.8) is 0 Å². The van der Waals surface area contributed by atoms with Gasteiger partial charge in [0.05, 0.1) is 0 Å². The Bertz CT molecular complexity index is 540. The molecule has 2 aromatic carbocycles. The first kappa shape index (κ1) is 15.6. The van der Waals surface area contributed by atoms with Gasteiger partial charge in [-0.05, 0) is 35.7 Å². The third kappa shape index (κ3) is 4.33. The number of hydrogen-bond acceptors (Lipinski definition) is 2. The van der Waals surface area contributed by atoms with Crippen molar-refractivity contribution in [3.8, 4) is 5.75 Å². The number of nitrogens with one attached hydrogen (secondary N) is 1. The van der Waals surface area contributed by atoms with Crippen LogP contribution in [0.2, 0.25) is 0 Å². The predicted octanol–water partition coefficient (Wildman–Crippen LogP) is 4.32. The average molecular weight is 283 g/mol. The summed E-state index contributed by atoms with van der Waals surface area (Å²) >= 11 is 0. The van der Waals surface area contributed by atoms with Crippen LogP contribution in [0.1, 0.15) is 38.0 Å². The van der Waals surface area contributed by atoms with Crippen molar-refractivity contribution in [2.75, 3.05) is 13.6 Å². The molecule has 21 heavy (non-hydrogen) atoms. The Morgan fingerprint density at radius 1 is 0.952 bits per heavy atom. The van der Waals surface area contributed by atoms with Gasteiger partial charge >= 0.3 is 0 Å². The van der Waals surface area contributed by atoms with Gasteiger partial charge in [0.15, 0.2) is 0 Å². The van der Waals surface area contributed by atoms with Gasteiger partial charge in [0.2, 0.25) is 0 Å². The van der Waals surface area contributed by atoms with Crippen molar-refractivity contribution in [2.45, 2.75) is 32.3 Å². The van der Waals surface area contributed by atoms with Crippen molar-refractivity contribution in [1.29, 1.82) is 0 Å². The summed E-state index contributed by atoms with van der Waals surface area (Å²) in [6.45, 7) is 7.44. The molecule has 0 aliphatic rings. The third-order valence-corrected chi connectivity index (χ3v) is 3.56. The summed E-state index contributed by atoms with van der Waals surface area (Å²) in [5.41, 5.74) is 2.67. The molecule has 0 spiro atoms. The molecule has 2 heteroatoms. The first-order chi connectivity index (χ1) is 10.0. The lowest BCUT2D eigenvalue weighted by Gasteiger charge is -2.22. The molecule has 0 saturated heterocycles. The molecule has 1 unspecified atom stereocenters. The van der Waals surface area contributed by atoms with Crippen molar-refractivity contribution < 1.29 is 4.74 Å². The highest BCUT2D eigenvalue weighted by molar-refractivity contribution is 5.32. The van der Waals surface area contributed by atoms with Gasteiger partial charge < -0.3 is 10.1 Å². The average Bonchev–Trinajstić information content (AvgIpc) is 2.47. The second kappa shape index (κ2) is 6.77. The van der Waals surface area contributed by atoms with Crippen molar-refractivity contribution in [2.24, 2.45) is 0 Å². The Morgan fingerprint density at radius 2 is 1.57 bits per heavy atom. The second-order valence-corrected chi connectivity index (χ2v) is 6.35. The Labute approximate surface area is 128 Å². The topological polar surface area (TPSA) is 21.3 Å². The highest BCUT2D eigenvalue weighted by Gasteiger charge is 2.15. The predicted molar refractivity (Wildman–Crippen MR) is 88.9 cm³/mol. The van der Waals surface area contributed by atoms with E-state index in [0.29, 0.717) is 0 Å². The lowest BCUT2D eigenvalue weighted by molar-refractivity contribution is 0.205. The molecule has 0 heterocycles. The van der Waals surface area contributed by atoms with Gasteiger partial charge in [-0.15, -0.1) is 0 Å². The second-order valence-electron chi connectivity index (χ2n) is 6.35. The largest absolute Gasteiger partial charge is 0.484 e. The van der Waals surface area contributed by atoms with Gasteiger partial charge in [-0.1, -0.05) is 63.2 Å². The lowest BCUT2D eigenvalue weighted by atomic mass is 9.87. The SMILES string of the molecule is CNCC(Oc1ccc(C(C)(C)C)cc1)c1ccccc1. The standard InChI is InChI=1S/C19H25NO/c1-19(2,3)16-10-12-17(13-11-16)21-18(14-20-4)15-8-6-5-7-9-15/h5-13,18,20H,14H2,1-4H3. The maximum absolute atomic E-state index is 6.15. The van der Waals surface area contributed by atoms with Gasteiger partial charge in [0.25, 0.3) is 0 Å². The van der Waals surface area contributed by atoms with Crippen LogP contribution in [0.5, 0.6) is 5.75 Å². The Kier molecular flexibility index (Phi) is 5.03. The molecule has 0 radical (unpaired) electrons. The summed E-state index contributed by atoms with van der Waals surface area (Å²) in [6.07, 6.45) is 0.0247. The Balaban J connectivity index is 2.14. The van der Waals surface area contributed by atoms with Crippen LogP contribution in [0.3, 0.4) is 0 Å². The minimum absolute atomic E-state index is 0.0247. The van der Waals surface area contributed by atoms with Crippen LogP contribution >= 0.6 is 0 Å². The molecule has 0 aromatic heterocycles. The van der Waals surface area contributed by atoms with Crippen LogP contribution in [-0.4, -0.2) is 13.6 Å². The summed E-state index contributed by atoms with van der Waals surface area (Å²) in [7, 11) is 1.95. The highest BCUT2D eigenvalue weighted by atomic mass is 16.5. The van der Waals surface area contributed by atoms with Crippen LogP contribution in [0.25, 0.3) is 0 Å². The fourth-order valence-electron chi connectivity index (χ4n) is 2.28. The monoisotopic (exact) mass is 283 g/mol. The van der Waals surface area contributed by atoms with Crippen molar-refractivity contribution in [3.05, 3.63) is 65.7 Å². The molecule has 0 saturated carbocycles. The molecular formula is C19H25NO. The van der Waals surface area contributed by atoms with Crippen LogP contribution in [0.4, 0.5) is 0 Å². The fourth-order valence-corrected chi connectivity index (χ4v) is 2.28. The van der Waals surface area contributed by atoms with Gasteiger partial charge in [-0.25, -0.2) is 0 Å². The summed E-state index contributed by atoms with van der Waals surface area (Å²) < 4.78 is 6.15. The van der Waals surface area contributed by atoms with Gasteiger partial charge in [-0.2, -0.15) is 0 Å². The molecule has 2 nitrogen and oxygen atoms in total. The van der Waals surface area contributed by atoms with E-state index in [2.05, 4.69) is 62.5 Å². The van der Waals surface area contributed by atoms with E-state index in [4.69, 9.17) is 4.74 Å². The molecule has 2 rings (SSSR count). The van der Waals surface area contributed by atoms with E-state index in [9.17, 15) is 0 Å². The minimum atomic E-state index is 0.0247. The van der Waals surface area contributed by atoms with E-state index >= 15 is 0 Å². The summed E-state index contributed by atoms with van der Waals surface area (Å²) in [5.74, 6) is 0.909. The molecule has 0 aliphatic heterocycles. The molecule has 0 fully saturated rings. The number of rotatable bonds is 5.